The second-order valence-electron chi connectivity index (χ2n) is 5.42. The Kier molecular flexibility index (Phi) is 4.04. The number of pyridine rings is 1. The van der Waals surface area contributed by atoms with E-state index in [0.717, 1.165) is 9.95 Å². The van der Waals surface area contributed by atoms with Crippen molar-refractivity contribution in [3.63, 3.8) is 0 Å². The van der Waals surface area contributed by atoms with Crippen LogP contribution in [0, 0.1) is 12.7 Å². The molecule has 2 aromatic carbocycles. The molecular formula is C18H15FN2O3. The maximum Gasteiger partial charge on any atom is 0.271 e. The Morgan fingerprint density at radius 1 is 1.17 bits per heavy atom. The Labute approximate surface area is 137 Å². The number of carbonyl (C=O) groups is 1. The van der Waals surface area contributed by atoms with Crippen LogP contribution >= 0.6 is 0 Å². The van der Waals surface area contributed by atoms with Gasteiger partial charge in [-0.3, -0.25) is 9.59 Å². The minimum Gasteiger partial charge on any atom is -0.484 e. The van der Waals surface area contributed by atoms with Crippen molar-refractivity contribution in [1.29, 1.82) is 0 Å². The van der Waals surface area contributed by atoms with Gasteiger partial charge in [0, 0.05) is 11.3 Å². The van der Waals surface area contributed by atoms with Crippen LogP contribution in [0.15, 0.2) is 53.3 Å². The zero-order valence-electron chi connectivity index (χ0n) is 13.0. The van der Waals surface area contributed by atoms with E-state index in [2.05, 4.69) is 0 Å². The van der Waals surface area contributed by atoms with Crippen LogP contribution in [0.2, 0.25) is 0 Å². The van der Waals surface area contributed by atoms with Crippen LogP contribution in [0.4, 0.5) is 10.1 Å². The van der Waals surface area contributed by atoms with Crippen LogP contribution in [0.3, 0.4) is 0 Å². The van der Waals surface area contributed by atoms with E-state index in [-0.39, 0.29) is 6.61 Å². The number of nitrogens with zero attached hydrogens (tertiary/aromatic N) is 1. The molecule has 0 saturated carbocycles. The molecule has 0 fully saturated rings. The van der Waals surface area contributed by atoms with E-state index in [4.69, 9.17) is 10.5 Å². The molecule has 6 heteroatoms. The Morgan fingerprint density at radius 2 is 1.88 bits per heavy atom. The zero-order chi connectivity index (χ0) is 17.3. The van der Waals surface area contributed by atoms with Crippen molar-refractivity contribution in [2.45, 2.75) is 6.92 Å². The van der Waals surface area contributed by atoms with E-state index < -0.39 is 17.3 Å². The lowest BCUT2D eigenvalue weighted by Crippen LogP contribution is -2.32. The fourth-order valence-corrected chi connectivity index (χ4v) is 2.45. The van der Waals surface area contributed by atoms with Gasteiger partial charge in [0.25, 0.3) is 11.5 Å². The summed E-state index contributed by atoms with van der Waals surface area (Å²) in [4.78, 5) is 24.9. The summed E-state index contributed by atoms with van der Waals surface area (Å²) >= 11 is 0. The van der Waals surface area contributed by atoms with Crippen molar-refractivity contribution in [2.24, 2.45) is 0 Å². The number of hydrogen-bond acceptors (Lipinski definition) is 4. The first kappa shape index (κ1) is 15.7. The quantitative estimate of drug-likeness (QED) is 0.751. The molecule has 3 aromatic rings. The average Bonchev–Trinajstić information content (AvgIpc) is 2.56. The maximum atomic E-state index is 12.9. The Bertz CT molecular complexity index is 978. The molecule has 24 heavy (non-hydrogen) atoms. The second-order valence-corrected chi connectivity index (χ2v) is 5.42. The van der Waals surface area contributed by atoms with Crippen LogP contribution in [-0.2, 0) is 0 Å². The highest BCUT2D eigenvalue weighted by molar-refractivity contribution is 5.93. The molecule has 1 aromatic heterocycles. The van der Waals surface area contributed by atoms with Crippen LogP contribution in [-0.4, -0.2) is 17.1 Å². The molecule has 0 atom stereocenters. The summed E-state index contributed by atoms with van der Waals surface area (Å²) in [6.45, 7) is 1.29. The molecule has 0 saturated heterocycles. The summed E-state index contributed by atoms with van der Waals surface area (Å²) in [5, 5.41) is 0.733. The normalized spacial score (nSPS) is 10.8. The van der Waals surface area contributed by atoms with Crippen LogP contribution < -0.4 is 16.0 Å². The van der Waals surface area contributed by atoms with Gasteiger partial charge >= 0.3 is 0 Å². The molecule has 0 unspecified atom stereocenters. The van der Waals surface area contributed by atoms with Crippen LogP contribution in [0.25, 0.3) is 10.9 Å². The highest BCUT2D eigenvalue weighted by atomic mass is 19.1. The molecule has 0 aliphatic carbocycles. The Hall–Kier alpha value is -3.15. The first-order valence-electron chi connectivity index (χ1n) is 7.29. The molecule has 0 spiro atoms. The minimum atomic E-state index is -0.524. The highest BCUT2D eigenvalue weighted by Crippen LogP contribution is 2.17. The lowest BCUT2D eigenvalue weighted by atomic mass is 10.1. The van der Waals surface area contributed by atoms with Gasteiger partial charge in [0.2, 0.25) is 0 Å². The van der Waals surface area contributed by atoms with Gasteiger partial charge in [0.15, 0.2) is 6.61 Å². The van der Waals surface area contributed by atoms with E-state index in [0.29, 0.717) is 22.5 Å². The molecule has 0 amide bonds. The number of nitrogens with two attached hydrogens (primary N) is 1. The first-order valence-corrected chi connectivity index (χ1v) is 7.29. The third-order valence-electron chi connectivity index (χ3n) is 3.63. The molecule has 5 nitrogen and oxygen atoms in total. The smallest absolute Gasteiger partial charge is 0.271 e. The van der Waals surface area contributed by atoms with Gasteiger partial charge in [0.05, 0.1) is 5.52 Å². The molecule has 0 aliphatic heterocycles. The molecule has 122 valence electrons. The fourth-order valence-electron chi connectivity index (χ4n) is 2.45. The molecular weight excluding hydrogens is 311 g/mol. The van der Waals surface area contributed by atoms with Gasteiger partial charge in [-0.1, -0.05) is 6.07 Å². The Morgan fingerprint density at radius 3 is 2.58 bits per heavy atom. The number of rotatable bonds is 3. The number of aryl methyl sites for hydroxylation is 1. The maximum absolute atomic E-state index is 12.9. The average molecular weight is 326 g/mol. The molecule has 0 radical (unpaired) electrons. The van der Waals surface area contributed by atoms with Crippen molar-refractivity contribution in [3.05, 3.63) is 70.3 Å². The topological polar surface area (TPSA) is 74.3 Å². The summed E-state index contributed by atoms with van der Waals surface area (Å²) in [7, 11) is 0. The number of halogens is 1. The number of hydrogen-bond donors (Lipinski definition) is 1. The summed E-state index contributed by atoms with van der Waals surface area (Å²) in [6.07, 6.45) is 0. The number of ether oxygens (including phenoxy) is 1. The van der Waals surface area contributed by atoms with Crippen LogP contribution in [0.1, 0.15) is 10.4 Å². The van der Waals surface area contributed by atoms with Gasteiger partial charge in [-0.2, -0.15) is 0 Å². The van der Waals surface area contributed by atoms with Crippen molar-refractivity contribution < 1.29 is 13.9 Å². The van der Waals surface area contributed by atoms with Gasteiger partial charge < -0.3 is 10.5 Å². The first-order chi connectivity index (χ1) is 11.5. The third-order valence-corrected chi connectivity index (χ3v) is 3.63. The van der Waals surface area contributed by atoms with Gasteiger partial charge in [-0.05, 0) is 54.8 Å². The fraction of sp³-hybridized carbons (Fsp3) is 0.111. The summed E-state index contributed by atoms with van der Waals surface area (Å²) in [6, 6.07) is 12.0. The van der Waals surface area contributed by atoms with E-state index >= 15 is 0 Å². The van der Waals surface area contributed by atoms with Crippen molar-refractivity contribution in [3.8, 4) is 5.75 Å². The number of anilines is 1. The predicted molar refractivity (Wildman–Crippen MR) is 89.9 cm³/mol. The molecule has 0 aliphatic rings. The highest BCUT2D eigenvalue weighted by Gasteiger charge is 2.14. The number of benzene rings is 2. The van der Waals surface area contributed by atoms with E-state index in [1.807, 2.05) is 0 Å². The monoisotopic (exact) mass is 326 g/mol. The van der Waals surface area contributed by atoms with Gasteiger partial charge in [-0.15, -0.1) is 0 Å². The minimum absolute atomic E-state index is 0.342. The predicted octanol–water partition coefficient (Wildman–Crippen LogP) is 2.75. The standard InChI is InChI=1S/C18H15FN2O3/c1-11-8-12-2-5-14(20)9-16(12)21(18(11)23)17(22)10-24-15-6-3-13(19)4-7-15/h2-9H,10,20H2,1H3. The molecule has 0 bridgehead atoms. The summed E-state index contributed by atoms with van der Waals surface area (Å²) < 4.78 is 19.3. The van der Waals surface area contributed by atoms with Crippen molar-refractivity contribution >= 4 is 22.5 Å². The SMILES string of the molecule is Cc1cc2ccc(N)cc2n(C(=O)COc2ccc(F)cc2)c1=O. The lowest BCUT2D eigenvalue weighted by molar-refractivity contribution is 0.0838. The number of nitrogen functional groups attached to an aromatic ring is 1. The number of carbonyl (C=O) groups excluding carboxylic acids is 1. The van der Waals surface area contributed by atoms with E-state index in [1.165, 1.54) is 24.3 Å². The van der Waals surface area contributed by atoms with E-state index in [9.17, 15) is 14.0 Å². The molecule has 2 N–H and O–H groups in total. The van der Waals surface area contributed by atoms with Crippen molar-refractivity contribution in [1.82, 2.24) is 4.57 Å². The largest absolute Gasteiger partial charge is 0.484 e. The molecule has 1 heterocycles. The Balaban J connectivity index is 1.96. The lowest BCUT2D eigenvalue weighted by Gasteiger charge is -2.12. The summed E-state index contributed by atoms with van der Waals surface area (Å²) in [5.41, 5.74) is 6.68. The molecule has 3 rings (SSSR count). The van der Waals surface area contributed by atoms with Crippen molar-refractivity contribution in [2.75, 3.05) is 12.3 Å². The van der Waals surface area contributed by atoms with Gasteiger partial charge in [0.1, 0.15) is 11.6 Å². The summed E-state index contributed by atoms with van der Waals surface area (Å²) in [5.74, 6) is -0.581. The zero-order valence-corrected chi connectivity index (χ0v) is 13.0. The van der Waals surface area contributed by atoms with Crippen LogP contribution in [0.5, 0.6) is 5.75 Å². The van der Waals surface area contributed by atoms with E-state index in [1.54, 1.807) is 31.2 Å². The number of aromatic nitrogens is 1. The van der Waals surface area contributed by atoms with Gasteiger partial charge in [-0.25, -0.2) is 8.96 Å². The second kappa shape index (κ2) is 6.16. The third kappa shape index (κ3) is 2.99. The number of fused-ring (bicyclic) bond motifs is 1.